The van der Waals surface area contributed by atoms with Gasteiger partial charge in [0.2, 0.25) is 0 Å². The first-order valence-electron chi connectivity index (χ1n) is 9.45. The van der Waals surface area contributed by atoms with Crippen LogP contribution in [0.2, 0.25) is 0 Å². The Kier molecular flexibility index (Phi) is 5.63. The Balaban J connectivity index is 1.58. The van der Waals surface area contributed by atoms with Crippen molar-refractivity contribution >= 4 is 33.3 Å². The smallest absolute Gasteiger partial charge is 0.340 e. The average molecular weight is 420 g/mol. The van der Waals surface area contributed by atoms with Gasteiger partial charge in [-0.25, -0.2) is 9.78 Å². The first kappa shape index (κ1) is 19.8. The van der Waals surface area contributed by atoms with Gasteiger partial charge in [-0.1, -0.05) is 30.3 Å². The number of anilines is 1. The minimum Gasteiger partial charge on any atom is -0.483 e. The topological polar surface area (TPSA) is 81.4 Å². The van der Waals surface area contributed by atoms with Gasteiger partial charge in [0.1, 0.15) is 11.3 Å². The summed E-state index contributed by atoms with van der Waals surface area (Å²) in [7, 11) is 0. The number of carbonyl (C=O) groups is 1. The van der Waals surface area contributed by atoms with Crippen molar-refractivity contribution in [3.8, 4) is 5.75 Å². The van der Waals surface area contributed by atoms with Crippen LogP contribution in [-0.2, 0) is 11.2 Å². The van der Waals surface area contributed by atoms with Gasteiger partial charge in [-0.15, -0.1) is 11.3 Å². The van der Waals surface area contributed by atoms with Crippen LogP contribution < -0.4 is 15.7 Å². The quantitative estimate of drug-likeness (QED) is 0.465. The molecular weight excluding hydrogens is 400 g/mol. The number of benzene rings is 2. The molecule has 2 aromatic heterocycles. The number of hydrogen-bond donors (Lipinski definition) is 1. The second kappa shape index (κ2) is 8.51. The van der Waals surface area contributed by atoms with Gasteiger partial charge in [0.05, 0.1) is 0 Å². The molecule has 0 saturated carbocycles. The molecule has 7 heteroatoms. The number of aryl methyl sites for hydroxylation is 2. The Labute approximate surface area is 177 Å². The highest BCUT2D eigenvalue weighted by molar-refractivity contribution is 7.13. The van der Waals surface area contributed by atoms with Crippen LogP contribution in [0, 0.1) is 13.8 Å². The molecule has 2 heterocycles. The summed E-state index contributed by atoms with van der Waals surface area (Å²) >= 11 is 1.33. The zero-order valence-corrected chi connectivity index (χ0v) is 17.4. The number of aromatic nitrogens is 1. The van der Waals surface area contributed by atoms with Gasteiger partial charge in [-0.2, -0.15) is 0 Å². The van der Waals surface area contributed by atoms with E-state index < -0.39 is 0 Å². The molecule has 1 amide bonds. The van der Waals surface area contributed by atoms with Crippen LogP contribution in [-0.4, -0.2) is 17.5 Å². The minimum atomic E-state index is -0.356. The van der Waals surface area contributed by atoms with Gasteiger partial charge in [0.15, 0.2) is 11.7 Å². The summed E-state index contributed by atoms with van der Waals surface area (Å²) in [5.41, 5.74) is 3.39. The monoisotopic (exact) mass is 420 g/mol. The van der Waals surface area contributed by atoms with E-state index in [0.717, 1.165) is 16.5 Å². The lowest BCUT2D eigenvalue weighted by atomic mass is 9.98. The van der Waals surface area contributed by atoms with Gasteiger partial charge in [-0.3, -0.25) is 10.1 Å². The van der Waals surface area contributed by atoms with Gasteiger partial charge in [0.25, 0.3) is 5.91 Å². The number of thiazole rings is 1. The molecule has 0 spiro atoms. The van der Waals surface area contributed by atoms with E-state index >= 15 is 0 Å². The first-order valence-corrected chi connectivity index (χ1v) is 10.3. The fraction of sp³-hybridized carbons (Fsp3) is 0.174. The van der Waals surface area contributed by atoms with Crippen molar-refractivity contribution in [3.05, 3.63) is 86.7 Å². The van der Waals surface area contributed by atoms with E-state index in [2.05, 4.69) is 10.3 Å². The van der Waals surface area contributed by atoms with Gasteiger partial charge >= 0.3 is 5.63 Å². The van der Waals surface area contributed by atoms with Crippen LogP contribution in [0.25, 0.3) is 11.0 Å². The molecule has 0 radical (unpaired) electrons. The van der Waals surface area contributed by atoms with Crippen LogP contribution in [0.15, 0.2) is 63.3 Å². The van der Waals surface area contributed by atoms with Gasteiger partial charge in [-0.05, 0) is 37.1 Å². The molecule has 0 atom stereocenters. The molecule has 30 heavy (non-hydrogen) atoms. The third-order valence-corrected chi connectivity index (χ3v) is 5.60. The highest BCUT2D eigenvalue weighted by Crippen LogP contribution is 2.30. The van der Waals surface area contributed by atoms with Gasteiger partial charge in [0, 0.05) is 34.5 Å². The summed E-state index contributed by atoms with van der Waals surface area (Å²) in [6.07, 6.45) is 2.13. The zero-order chi connectivity index (χ0) is 21.1. The van der Waals surface area contributed by atoms with Gasteiger partial charge < -0.3 is 9.15 Å². The van der Waals surface area contributed by atoms with Crippen molar-refractivity contribution in [2.75, 3.05) is 11.9 Å². The molecule has 0 fully saturated rings. The summed E-state index contributed by atoms with van der Waals surface area (Å²) in [6.45, 7) is 3.58. The number of amides is 1. The van der Waals surface area contributed by atoms with E-state index in [-0.39, 0.29) is 18.1 Å². The van der Waals surface area contributed by atoms with Crippen molar-refractivity contribution in [1.29, 1.82) is 0 Å². The largest absolute Gasteiger partial charge is 0.483 e. The molecule has 0 aliphatic heterocycles. The number of nitrogens with zero attached hydrogens (tertiary/aromatic N) is 1. The molecule has 0 aliphatic carbocycles. The van der Waals surface area contributed by atoms with Crippen molar-refractivity contribution < 1.29 is 13.9 Å². The molecule has 2 aromatic carbocycles. The average Bonchev–Trinajstić information content (AvgIpc) is 3.25. The van der Waals surface area contributed by atoms with Crippen LogP contribution in [0.5, 0.6) is 5.75 Å². The van der Waals surface area contributed by atoms with Crippen LogP contribution in [0.3, 0.4) is 0 Å². The number of rotatable bonds is 6. The molecule has 152 valence electrons. The summed E-state index contributed by atoms with van der Waals surface area (Å²) < 4.78 is 11.3. The van der Waals surface area contributed by atoms with Crippen molar-refractivity contribution in [2.45, 2.75) is 20.3 Å². The van der Waals surface area contributed by atoms with E-state index in [1.54, 1.807) is 17.6 Å². The second-order valence-corrected chi connectivity index (χ2v) is 7.79. The highest BCUT2D eigenvalue weighted by Gasteiger charge is 2.16. The highest BCUT2D eigenvalue weighted by atomic mass is 32.1. The maximum Gasteiger partial charge on any atom is 0.340 e. The summed E-state index contributed by atoms with van der Waals surface area (Å²) in [6, 6.07) is 13.5. The Morgan fingerprint density at radius 3 is 2.67 bits per heavy atom. The number of ether oxygens (including phenoxy) is 1. The molecule has 0 unspecified atom stereocenters. The van der Waals surface area contributed by atoms with E-state index in [1.165, 1.54) is 11.3 Å². The molecule has 4 rings (SSSR count). The number of nitrogens with one attached hydrogen (secondary N) is 1. The normalized spacial score (nSPS) is 10.9. The van der Waals surface area contributed by atoms with E-state index in [1.807, 2.05) is 50.2 Å². The maximum absolute atomic E-state index is 12.7. The van der Waals surface area contributed by atoms with E-state index in [0.29, 0.717) is 34.0 Å². The molecule has 6 nitrogen and oxygen atoms in total. The predicted molar refractivity (Wildman–Crippen MR) is 117 cm³/mol. The van der Waals surface area contributed by atoms with Crippen LogP contribution >= 0.6 is 11.3 Å². The Morgan fingerprint density at radius 2 is 1.93 bits per heavy atom. The third-order valence-electron chi connectivity index (χ3n) is 4.92. The molecular formula is C23H20N2O4S. The summed E-state index contributed by atoms with van der Waals surface area (Å²) in [5, 5.41) is 5.82. The zero-order valence-electron chi connectivity index (χ0n) is 16.6. The standard InChI is InChI=1S/C23H20N2O4S/c1-14-17-8-9-19(28-13-20(26)25-23-24-10-11-30-23)15(2)21(17)29-22(27)18(14)12-16-6-4-3-5-7-16/h3-11H,12-13H2,1-2H3,(H,24,25,26). The van der Waals surface area contributed by atoms with Crippen molar-refractivity contribution in [1.82, 2.24) is 4.98 Å². The molecule has 0 bridgehead atoms. The number of carbonyl (C=O) groups excluding carboxylic acids is 1. The molecule has 4 aromatic rings. The molecule has 0 aliphatic rings. The lowest BCUT2D eigenvalue weighted by Crippen LogP contribution is -2.20. The Morgan fingerprint density at radius 1 is 1.13 bits per heavy atom. The van der Waals surface area contributed by atoms with E-state index in [9.17, 15) is 9.59 Å². The SMILES string of the molecule is Cc1c(Cc2ccccc2)c(=O)oc2c(C)c(OCC(=O)Nc3nccs3)ccc12. The number of fused-ring (bicyclic) bond motifs is 1. The Bertz CT molecular complexity index is 1250. The fourth-order valence-electron chi connectivity index (χ4n) is 3.32. The summed E-state index contributed by atoms with van der Waals surface area (Å²) in [4.78, 5) is 28.7. The van der Waals surface area contributed by atoms with E-state index in [4.69, 9.17) is 9.15 Å². The Hall–Kier alpha value is -3.45. The lowest BCUT2D eigenvalue weighted by molar-refractivity contribution is -0.118. The van der Waals surface area contributed by atoms with Crippen molar-refractivity contribution in [3.63, 3.8) is 0 Å². The number of hydrogen-bond acceptors (Lipinski definition) is 6. The lowest BCUT2D eigenvalue weighted by Gasteiger charge is -2.13. The maximum atomic E-state index is 12.7. The second-order valence-electron chi connectivity index (χ2n) is 6.89. The van der Waals surface area contributed by atoms with Crippen molar-refractivity contribution in [2.24, 2.45) is 0 Å². The molecule has 1 N–H and O–H groups in total. The predicted octanol–water partition coefficient (Wildman–Crippen LogP) is 4.47. The van der Waals surface area contributed by atoms with Crippen LogP contribution in [0.4, 0.5) is 5.13 Å². The first-order chi connectivity index (χ1) is 14.5. The van der Waals surface area contributed by atoms with Crippen LogP contribution in [0.1, 0.15) is 22.3 Å². The fourth-order valence-corrected chi connectivity index (χ4v) is 3.86. The summed E-state index contributed by atoms with van der Waals surface area (Å²) in [5.74, 6) is 0.190. The third kappa shape index (κ3) is 4.11. The molecule has 0 saturated heterocycles. The minimum absolute atomic E-state index is 0.165.